The predicted octanol–water partition coefficient (Wildman–Crippen LogP) is 2.16. The molecule has 0 unspecified atom stereocenters. The van der Waals surface area contributed by atoms with Crippen LogP contribution in [0.3, 0.4) is 0 Å². The molecule has 0 saturated carbocycles. The quantitative estimate of drug-likeness (QED) is 0.560. The van der Waals surface area contributed by atoms with Crippen LogP contribution >= 0.6 is 0 Å². The minimum absolute atomic E-state index is 0.0873. The smallest absolute Gasteiger partial charge is 0.319 e. The molecule has 32 heavy (non-hydrogen) atoms. The maximum absolute atomic E-state index is 12.8. The van der Waals surface area contributed by atoms with Gasteiger partial charge in [-0.05, 0) is 42.9 Å². The number of amides is 3. The largest absolute Gasteiger partial charge is 0.337 e. The summed E-state index contributed by atoms with van der Waals surface area (Å²) in [7, 11) is -3.55. The third-order valence-corrected chi connectivity index (χ3v) is 7.14. The number of benzene rings is 2. The number of para-hydroxylation sites is 1. The van der Waals surface area contributed by atoms with Crippen molar-refractivity contribution in [2.45, 2.75) is 18.2 Å². The summed E-state index contributed by atoms with van der Waals surface area (Å²) in [4.78, 5) is 26.4. The highest BCUT2D eigenvalue weighted by atomic mass is 32.2. The second-order valence-corrected chi connectivity index (χ2v) is 9.35. The molecule has 172 valence electrons. The third kappa shape index (κ3) is 6.52. The van der Waals surface area contributed by atoms with E-state index in [1.807, 2.05) is 18.2 Å². The Hall–Kier alpha value is -2.95. The highest BCUT2D eigenvalue weighted by Crippen LogP contribution is 2.20. The van der Waals surface area contributed by atoms with Crippen LogP contribution in [0.15, 0.2) is 59.5 Å². The van der Waals surface area contributed by atoms with Gasteiger partial charge in [0.15, 0.2) is 0 Å². The van der Waals surface area contributed by atoms with Gasteiger partial charge in [0.25, 0.3) is 0 Å². The summed E-state index contributed by atoms with van der Waals surface area (Å²) in [5, 5.41) is 8.01. The molecule has 0 aliphatic carbocycles. The molecular formula is C22H29N5O4S. The van der Waals surface area contributed by atoms with Crippen LogP contribution in [0.4, 0.5) is 16.2 Å². The van der Waals surface area contributed by atoms with E-state index in [0.717, 1.165) is 19.6 Å². The summed E-state index contributed by atoms with van der Waals surface area (Å²) < 4.78 is 27.2. The first kappa shape index (κ1) is 23.7. The van der Waals surface area contributed by atoms with Crippen molar-refractivity contribution in [2.24, 2.45) is 0 Å². The second-order valence-electron chi connectivity index (χ2n) is 7.41. The number of hydrogen-bond acceptors (Lipinski definition) is 5. The van der Waals surface area contributed by atoms with Gasteiger partial charge in [-0.1, -0.05) is 25.1 Å². The number of nitrogens with one attached hydrogen (secondary N) is 3. The molecule has 1 aliphatic heterocycles. The molecule has 3 rings (SSSR count). The van der Waals surface area contributed by atoms with Crippen molar-refractivity contribution >= 4 is 33.3 Å². The lowest BCUT2D eigenvalue weighted by atomic mass is 10.3. The number of carbonyl (C=O) groups is 2. The first-order valence-corrected chi connectivity index (χ1v) is 12.0. The van der Waals surface area contributed by atoms with E-state index in [4.69, 9.17) is 0 Å². The number of carbonyl (C=O) groups excluding carboxylic acids is 2. The Labute approximate surface area is 188 Å². The molecule has 0 atom stereocenters. The van der Waals surface area contributed by atoms with Crippen molar-refractivity contribution in [3.05, 3.63) is 54.6 Å². The van der Waals surface area contributed by atoms with Gasteiger partial charge in [0.05, 0.1) is 4.90 Å². The lowest BCUT2D eigenvalue weighted by molar-refractivity contribution is -0.116. The maximum Gasteiger partial charge on any atom is 0.319 e. The molecule has 10 heteroatoms. The van der Waals surface area contributed by atoms with Gasteiger partial charge in [-0.15, -0.1) is 0 Å². The fourth-order valence-electron chi connectivity index (χ4n) is 3.36. The fourth-order valence-corrected chi connectivity index (χ4v) is 4.78. The Bertz CT molecular complexity index is 1000. The van der Waals surface area contributed by atoms with Crippen molar-refractivity contribution in [2.75, 3.05) is 49.9 Å². The Balaban J connectivity index is 1.44. The number of likely N-dealkylation sites (N-methyl/N-ethyl adjacent to an activating group) is 1. The minimum atomic E-state index is -3.55. The van der Waals surface area contributed by atoms with E-state index >= 15 is 0 Å². The molecule has 2 aromatic carbocycles. The summed E-state index contributed by atoms with van der Waals surface area (Å²) >= 11 is 0. The monoisotopic (exact) mass is 459 g/mol. The molecule has 0 radical (unpaired) electrons. The number of rotatable bonds is 8. The number of piperazine rings is 1. The number of sulfonamides is 1. The lowest BCUT2D eigenvalue weighted by Crippen LogP contribution is -2.48. The van der Waals surface area contributed by atoms with Gasteiger partial charge in [0.1, 0.15) is 0 Å². The normalized spacial score (nSPS) is 15.2. The molecule has 1 saturated heterocycles. The van der Waals surface area contributed by atoms with E-state index in [-0.39, 0.29) is 23.8 Å². The molecule has 1 aliphatic rings. The van der Waals surface area contributed by atoms with E-state index in [1.165, 1.54) is 16.4 Å². The number of hydrogen-bond donors (Lipinski definition) is 3. The van der Waals surface area contributed by atoms with Crippen molar-refractivity contribution in [1.29, 1.82) is 0 Å². The zero-order valence-corrected chi connectivity index (χ0v) is 18.9. The standard InChI is InChI=1S/C22H29N5O4S/c1-2-26-14-16-27(17-15-26)32(30,31)20-10-8-19(9-11-20)24-21(28)12-13-23-22(29)25-18-6-4-3-5-7-18/h3-11H,2,12-17H2,1H3,(H,24,28)(H2,23,25,29). The second kappa shape index (κ2) is 11.1. The average molecular weight is 460 g/mol. The minimum Gasteiger partial charge on any atom is -0.337 e. The van der Waals surface area contributed by atoms with Crippen molar-refractivity contribution in [3.8, 4) is 0 Å². The van der Waals surface area contributed by atoms with Crippen molar-refractivity contribution in [1.82, 2.24) is 14.5 Å². The van der Waals surface area contributed by atoms with Crippen LogP contribution in [0.1, 0.15) is 13.3 Å². The van der Waals surface area contributed by atoms with Gasteiger partial charge >= 0.3 is 6.03 Å². The summed E-state index contributed by atoms with van der Waals surface area (Å²) in [5.74, 6) is -0.281. The molecule has 1 fully saturated rings. The molecule has 0 aromatic heterocycles. The van der Waals surface area contributed by atoms with Gasteiger partial charge in [-0.2, -0.15) is 4.31 Å². The molecule has 3 N–H and O–H groups in total. The number of nitrogens with zero attached hydrogens (tertiary/aromatic N) is 2. The highest BCUT2D eigenvalue weighted by Gasteiger charge is 2.27. The van der Waals surface area contributed by atoms with Crippen LogP contribution in [-0.2, 0) is 14.8 Å². The zero-order chi connectivity index (χ0) is 23.0. The molecule has 1 heterocycles. The van der Waals surface area contributed by atoms with Gasteiger partial charge < -0.3 is 20.9 Å². The maximum atomic E-state index is 12.8. The molecule has 3 amide bonds. The SMILES string of the molecule is CCN1CCN(S(=O)(=O)c2ccc(NC(=O)CCNC(=O)Nc3ccccc3)cc2)CC1. The van der Waals surface area contributed by atoms with E-state index in [1.54, 1.807) is 24.3 Å². The van der Waals surface area contributed by atoms with Crippen molar-refractivity contribution < 1.29 is 18.0 Å². The topological polar surface area (TPSA) is 111 Å². The predicted molar refractivity (Wildman–Crippen MR) is 124 cm³/mol. The Kier molecular flexibility index (Phi) is 8.20. The first-order chi connectivity index (χ1) is 15.4. The zero-order valence-electron chi connectivity index (χ0n) is 18.1. The van der Waals surface area contributed by atoms with Crippen LogP contribution in [0, 0.1) is 0 Å². The van der Waals surface area contributed by atoms with Crippen LogP contribution in [0.5, 0.6) is 0 Å². The Morgan fingerprint density at radius 3 is 2.12 bits per heavy atom. The fraction of sp³-hybridized carbons (Fsp3) is 0.364. The van der Waals surface area contributed by atoms with Crippen LogP contribution in [0.2, 0.25) is 0 Å². The van der Waals surface area contributed by atoms with Crippen LogP contribution in [-0.4, -0.2) is 68.8 Å². The van der Waals surface area contributed by atoms with Gasteiger partial charge in [-0.3, -0.25) is 4.79 Å². The first-order valence-electron chi connectivity index (χ1n) is 10.6. The summed E-state index contributed by atoms with van der Waals surface area (Å²) in [6.45, 7) is 5.53. The van der Waals surface area contributed by atoms with E-state index in [2.05, 4.69) is 27.8 Å². The molecular weight excluding hydrogens is 430 g/mol. The van der Waals surface area contributed by atoms with Gasteiger partial charge in [-0.25, -0.2) is 13.2 Å². The van der Waals surface area contributed by atoms with Crippen LogP contribution in [0.25, 0.3) is 0 Å². The van der Waals surface area contributed by atoms with Crippen LogP contribution < -0.4 is 16.0 Å². The number of anilines is 2. The molecule has 9 nitrogen and oxygen atoms in total. The van der Waals surface area contributed by atoms with E-state index in [0.29, 0.717) is 24.5 Å². The summed E-state index contributed by atoms with van der Waals surface area (Å²) in [6, 6.07) is 14.8. The third-order valence-electron chi connectivity index (χ3n) is 5.22. The van der Waals surface area contributed by atoms with E-state index in [9.17, 15) is 18.0 Å². The van der Waals surface area contributed by atoms with Crippen molar-refractivity contribution in [3.63, 3.8) is 0 Å². The van der Waals surface area contributed by atoms with Gasteiger partial charge in [0, 0.05) is 50.5 Å². The Morgan fingerprint density at radius 2 is 1.50 bits per heavy atom. The molecule has 2 aromatic rings. The Morgan fingerprint density at radius 1 is 0.875 bits per heavy atom. The molecule has 0 spiro atoms. The lowest BCUT2D eigenvalue weighted by Gasteiger charge is -2.33. The number of urea groups is 1. The van der Waals surface area contributed by atoms with Gasteiger partial charge in [0.2, 0.25) is 15.9 Å². The summed E-state index contributed by atoms with van der Waals surface area (Å²) in [6.07, 6.45) is 0.0873. The average Bonchev–Trinajstić information content (AvgIpc) is 2.80. The molecule has 0 bridgehead atoms. The highest BCUT2D eigenvalue weighted by molar-refractivity contribution is 7.89. The van der Waals surface area contributed by atoms with E-state index < -0.39 is 16.1 Å². The summed E-state index contributed by atoms with van der Waals surface area (Å²) in [5.41, 5.74) is 1.16.